The number of hydrogen-bond acceptors (Lipinski definition) is 4. The van der Waals surface area contributed by atoms with Crippen molar-refractivity contribution >= 4 is 17.5 Å². The molecule has 0 aromatic carbocycles. The van der Waals surface area contributed by atoms with Crippen LogP contribution in [0.15, 0.2) is 5.10 Å². The fraction of sp³-hybridized carbons (Fsp3) is 0.750. The number of hydrazone groups is 1. The van der Waals surface area contributed by atoms with E-state index in [1.54, 1.807) is 0 Å². The first-order valence-corrected chi connectivity index (χ1v) is 6.20. The van der Waals surface area contributed by atoms with Crippen LogP contribution < -0.4 is 5.32 Å². The van der Waals surface area contributed by atoms with Gasteiger partial charge in [-0.1, -0.05) is 13.8 Å². The fourth-order valence-corrected chi connectivity index (χ4v) is 1.77. The molecule has 0 aliphatic carbocycles. The predicted molar refractivity (Wildman–Crippen MR) is 67.9 cm³/mol. The third-order valence-electron chi connectivity index (χ3n) is 2.71. The van der Waals surface area contributed by atoms with E-state index in [2.05, 4.69) is 10.4 Å². The average Bonchev–Trinajstić information content (AvgIpc) is 2.28. The van der Waals surface area contributed by atoms with Crippen molar-refractivity contribution in [2.24, 2.45) is 11.0 Å². The number of rotatable bonds is 5. The van der Waals surface area contributed by atoms with Crippen LogP contribution in [0.1, 0.15) is 33.1 Å². The van der Waals surface area contributed by atoms with Crippen LogP contribution in [0.5, 0.6) is 0 Å². The van der Waals surface area contributed by atoms with Crippen LogP contribution >= 0.6 is 0 Å². The van der Waals surface area contributed by atoms with Crippen molar-refractivity contribution in [2.45, 2.75) is 39.2 Å². The van der Waals surface area contributed by atoms with E-state index in [0.717, 1.165) is 0 Å². The summed E-state index contributed by atoms with van der Waals surface area (Å²) in [7, 11) is 1.53. The van der Waals surface area contributed by atoms with E-state index >= 15 is 0 Å². The van der Waals surface area contributed by atoms with Crippen molar-refractivity contribution in [3.63, 3.8) is 0 Å². The SMILES string of the molecule is CC(C)CC(O)CNC(=O)C1=NN(C)C(=O)CC1. The molecule has 2 N–H and O–H groups in total. The molecule has 1 unspecified atom stereocenters. The molecule has 1 aliphatic heterocycles. The molecular formula is C12H21N3O3. The Balaban J connectivity index is 2.42. The second-order valence-corrected chi connectivity index (χ2v) is 4.96. The molecule has 1 heterocycles. The maximum absolute atomic E-state index is 11.7. The molecule has 0 saturated heterocycles. The highest BCUT2D eigenvalue weighted by atomic mass is 16.3. The standard InChI is InChI=1S/C12H21N3O3/c1-8(2)6-9(16)7-13-12(18)10-4-5-11(17)15(3)14-10/h8-9,16H,4-7H2,1-3H3,(H,13,18). The molecule has 0 aromatic heterocycles. The summed E-state index contributed by atoms with van der Waals surface area (Å²) in [5, 5.41) is 17.4. The van der Waals surface area contributed by atoms with Crippen molar-refractivity contribution in [2.75, 3.05) is 13.6 Å². The quantitative estimate of drug-likeness (QED) is 0.732. The highest BCUT2D eigenvalue weighted by Crippen LogP contribution is 2.07. The van der Waals surface area contributed by atoms with Crippen LogP contribution in [0, 0.1) is 5.92 Å². The van der Waals surface area contributed by atoms with E-state index in [-0.39, 0.29) is 18.4 Å². The molecule has 0 bridgehead atoms. The molecule has 0 aromatic rings. The van der Waals surface area contributed by atoms with Crippen LogP contribution in [-0.4, -0.2) is 47.3 Å². The average molecular weight is 255 g/mol. The molecule has 1 aliphatic rings. The van der Waals surface area contributed by atoms with Gasteiger partial charge in [0, 0.05) is 26.4 Å². The maximum Gasteiger partial charge on any atom is 0.267 e. The van der Waals surface area contributed by atoms with E-state index in [1.807, 2.05) is 13.8 Å². The molecule has 1 atom stereocenters. The van der Waals surface area contributed by atoms with Gasteiger partial charge in [-0.3, -0.25) is 9.59 Å². The van der Waals surface area contributed by atoms with Crippen molar-refractivity contribution < 1.29 is 14.7 Å². The number of nitrogens with zero attached hydrogens (tertiary/aromatic N) is 2. The Morgan fingerprint density at radius 2 is 2.17 bits per heavy atom. The van der Waals surface area contributed by atoms with Gasteiger partial charge in [0.25, 0.3) is 5.91 Å². The second-order valence-electron chi connectivity index (χ2n) is 4.96. The summed E-state index contributed by atoms with van der Waals surface area (Å²) in [6.45, 7) is 4.24. The molecule has 0 fully saturated rings. The van der Waals surface area contributed by atoms with E-state index in [9.17, 15) is 14.7 Å². The van der Waals surface area contributed by atoms with Gasteiger partial charge in [-0.05, 0) is 12.3 Å². The summed E-state index contributed by atoms with van der Waals surface area (Å²) >= 11 is 0. The third-order valence-corrected chi connectivity index (χ3v) is 2.71. The number of carbonyl (C=O) groups is 2. The lowest BCUT2D eigenvalue weighted by molar-refractivity contribution is -0.130. The summed E-state index contributed by atoms with van der Waals surface area (Å²) < 4.78 is 0. The molecule has 0 radical (unpaired) electrons. The van der Waals surface area contributed by atoms with Crippen LogP contribution in [0.2, 0.25) is 0 Å². The Labute approximate surface area is 107 Å². The molecule has 18 heavy (non-hydrogen) atoms. The van der Waals surface area contributed by atoms with Gasteiger partial charge in [0.2, 0.25) is 5.91 Å². The second kappa shape index (κ2) is 6.49. The molecule has 6 heteroatoms. The van der Waals surface area contributed by atoms with Gasteiger partial charge >= 0.3 is 0 Å². The van der Waals surface area contributed by atoms with Crippen LogP contribution in [-0.2, 0) is 9.59 Å². The van der Waals surface area contributed by atoms with E-state index < -0.39 is 6.10 Å². The zero-order valence-electron chi connectivity index (χ0n) is 11.1. The highest BCUT2D eigenvalue weighted by Gasteiger charge is 2.22. The smallest absolute Gasteiger partial charge is 0.267 e. The minimum Gasteiger partial charge on any atom is -0.391 e. The zero-order valence-corrected chi connectivity index (χ0v) is 11.1. The van der Waals surface area contributed by atoms with Crippen molar-refractivity contribution in [1.82, 2.24) is 10.3 Å². The minimum absolute atomic E-state index is 0.0913. The molecular weight excluding hydrogens is 234 g/mol. The Morgan fingerprint density at radius 3 is 2.72 bits per heavy atom. The normalized spacial score (nSPS) is 17.7. The number of aliphatic hydroxyl groups excluding tert-OH is 1. The van der Waals surface area contributed by atoms with Gasteiger partial charge in [-0.15, -0.1) is 0 Å². The van der Waals surface area contributed by atoms with Gasteiger partial charge in [-0.25, -0.2) is 5.01 Å². The highest BCUT2D eigenvalue weighted by molar-refractivity contribution is 6.39. The predicted octanol–water partition coefficient (Wildman–Crippen LogP) is 0.118. The first-order chi connectivity index (χ1) is 8.40. The Bertz CT molecular complexity index is 352. The fourth-order valence-electron chi connectivity index (χ4n) is 1.77. The molecule has 6 nitrogen and oxygen atoms in total. The van der Waals surface area contributed by atoms with E-state index in [0.29, 0.717) is 30.9 Å². The lowest BCUT2D eigenvalue weighted by atomic mass is 10.1. The lowest BCUT2D eigenvalue weighted by Gasteiger charge is -2.19. The summed E-state index contributed by atoms with van der Waals surface area (Å²) in [5.41, 5.74) is 0.342. The number of amides is 2. The molecule has 1 rings (SSSR count). The number of hydrogen-bond donors (Lipinski definition) is 2. The number of carbonyl (C=O) groups excluding carboxylic acids is 2. The van der Waals surface area contributed by atoms with Gasteiger partial charge in [-0.2, -0.15) is 5.10 Å². The maximum atomic E-state index is 11.7. The van der Waals surface area contributed by atoms with Crippen LogP contribution in [0.25, 0.3) is 0 Å². The lowest BCUT2D eigenvalue weighted by Crippen LogP contribution is -2.40. The van der Waals surface area contributed by atoms with Gasteiger partial charge < -0.3 is 10.4 Å². The van der Waals surface area contributed by atoms with Crippen molar-refractivity contribution in [1.29, 1.82) is 0 Å². The molecule has 0 saturated carbocycles. The molecule has 102 valence electrons. The topological polar surface area (TPSA) is 82.0 Å². The van der Waals surface area contributed by atoms with Crippen LogP contribution in [0.3, 0.4) is 0 Å². The summed E-state index contributed by atoms with van der Waals surface area (Å²) in [6, 6.07) is 0. The van der Waals surface area contributed by atoms with Crippen molar-refractivity contribution in [3.05, 3.63) is 0 Å². The van der Waals surface area contributed by atoms with Gasteiger partial charge in [0.15, 0.2) is 0 Å². The first kappa shape index (κ1) is 14.6. The Kier molecular flexibility index (Phi) is 5.27. The summed E-state index contributed by atoms with van der Waals surface area (Å²) in [4.78, 5) is 22.9. The zero-order chi connectivity index (χ0) is 13.7. The van der Waals surface area contributed by atoms with E-state index in [1.165, 1.54) is 12.1 Å². The van der Waals surface area contributed by atoms with Gasteiger partial charge in [0.1, 0.15) is 5.71 Å². The monoisotopic (exact) mass is 255 g/mol. The number of nitrogens with one attached hydrogen (secondary N) is 1. The van der Waals surface area contributed by atoms with Crippen LogP contribution in [0.4, 0.5) is 0 Å². The summed E-state index contributed by atoms with van der Waals surface area (Å²) in [6.07, 6.45) is 0.759. The van der Waals surface area contributed by atoms with Gasteiger partial charge in [0.05, 0.1) is 6.10 Å². The third kappa shape index (κ3) is 4.44. The first-order valence-electron chi connectivity index (χ1n) is 6.20. The minimum atomic E-state index is -0.544. The molecule has 2 amide bonds. The Hall–Kier alpha value is -1.43. The summed E-state index contributed by atoms with van der Waals surface area (Å²) in [5.74, 6) is -0.0174. The van der Waals surface area contributed by atoms with Crippen molar-refractivity contribution in [3.8, 4) is 0 Å². The number of aliphatic hydroxyl groups is 1. The Morgan fingerprint density at radius 1 is 1.50 bits per heavy atom. The molecule has 0 spiro atoms. The largest absolute Gasteiger partial charge is 0.391 e. The van der Waals surface area contributed by atoms with E-state index in [4.69, 9.17) is 0 Å².